The summed E-state index contributed by atoms with van der Waals surface area (Å²) >= 11 is 0. The van der Waals surface area contributed by atoms with Crippen LogP contribution in [0.5, 0.6) is 0 Å². The van der Waals surface area contributed by atoms with Gasteiger partial charge in [0, 0.05) is 26.2 Å². The van der Waals surface area contributed by atoms with E-state index in [0.717, 1.165) is 26.1 Å². The van der Waals surface area contributed by atoms with Gasteiger partial charge < -0.3 is 9.84 Å². The molecule has 1 atom stereocenters. The summed E-state index contributed by atoms with van der Waals surface area (Å²) in [4.78, 5) is 2.24. The average molecular weight is 173 g/mol. The third-order valence-electron chi connectivity index (χ3n) is 2.68. The summed E-state index contributed by atoms with van der Waals surface area (Å²) in [6, 6.07) is 0.432. The lowest BCUT2D eigenvalue weighted by atomic mass is 9.90. The fourth-order valence-electron chi connectivity index (χ4n) is 1.59. The molecule has 3 nitrogen and oxygen atoms in total. The minimum absolute atomic E-state index is 0.415. The summed E-state index contributed by atoms with van der Waals surface area (Å²) < 4.78 is 5.04. The molecule has 3 heteroatoms. The van der Waals surface area contributed by atoms with Crippen LogP contribution >= 0.6 is 0 Å². The summed E-state index contributed by atoms with van der Waals surface area (Å²) in [5.74, 6) is 0. The molecule has 0 aliphatic carbocycles. The molecule has 0 aromatic rings. The van der Waals surface area contributed by atoms with Gasteiger partial charge in [-0.05, 0) is 13.3 Å². The molecule has 1 aliphatic rings. The maximum atomic E-state index is 9.72. The molecule has 1 aliphatic heterocycles. The Kier molecular flexibility index (Phi) is 3.09. The molecule has 1 rings (SSSR count). The third-order valence-corrected chi connectivity index (χ3v) is 2.68. The van der Waals surface area contributed by atoms with Gasteiger partial charge in [-0.2, -0.15) is 0 Å². The largest absolute Gasteiger partial charge is 0.387 e. The van der Waals surface area contributed by atoms with Crippen LogP contribution in [0.2, 0.25) is 0 Å². The SMILES string of the molecule is CCC1(O)CN(C(C)COC)C1. The van der Waals surface area contributed by atoms with Gasteiger partial charge in [0.25, 0.3) is 0 Å². The number of methoxy groups -OCH3 is 1. The van der Waals surface area contributed by atoms with Crippen molar-refractivity contribution >= 4 is 0 Å². The zero-order valence-corrected chi connectivity index (χ0v) is 8.21. The van der Waals surface area contributed by atoms with Crippen LogP contribution in [0.15, 0.2) is 0 Å². The molecule has 0 amide bonds. The van der Waals surface area contributed by atoms with Crippen molar-refractivity contribution in [1.29, 1.82) is 0 Å². The highest BCUT2D eigenvalue weighted by Crippen LogP contribution is 2.25. The van der Waals surface area contributed by atoms with Crippen molar-refractivity contribution in [2.24, 2.45) is 0 Å². The molecule has 0 bridgehead atoms. The van der Waals surface area contributed by atoms with Crippen molar-refractivity contribution in [3.63, 3.8) is 0 Å². The second-order valence-electron chi connectivity index (χ2n) is 3.79. The Bertz CT molecular complexity index is 143. The fourth-order valence-corrected chi connectivity index (χ4v) is 1.59. The summed E-state index contributed by atoms with van der Waals surface area (Å²) in [5, 5.41) is 9.72. The Morgan fingerprint density at radius 1 is 1.58 bits per heavy atom. The number of hydrogen-bond donors (Lipinski definition) is 1. The smallest absolute Gasteiger partial charge is 0.0897 e. The number of aliphatic hydroxyl groups is 1. The van der Waals surface area contributed by atoms with Gasteiger partial charge in [0.15, 0.2) is 0 Å². The Morgan fingerprint density at radius 2 is 2.17 bits per heavy atom. The van der Waals surface area contributed by atoms with E-state index < -0.39 is 5.60 Å². The highest BCUT2D eigenvalue weighted by molar-refractivity contribution is 4.96. The van der Waals surface area contributed by atoms with Gasteiger partial charge in [0.05, 0.1) is 12.2 Å². The lowest BCUT2D eigenvalue weighted by molar-refractivity contribution is -0.121. The van der Waals surface area contributed by atoms with Gasteiger partial charge in [-0.15, -0.1) is 0 Å². The third kappa shape index (κ3) is 1.97. The molecule has 72 valence electrons. The van der Waals surface area contributed by atoms with Gasteiger partial charge in [0.1, 0.15) is 0 Å². The summed E-state index contributed by atoms with van der Waals surface area (Å²) in [6.45, 7) is 6.50. The van der Waals surface area contributed by atoms with Gasteiger partial charge in [0.2, 0.25) is 0 Å². The molecule has 1 unspecified atom stereocenters. The molecular weight excluding hydrogens is 154 g/mol. The lowest BCUT2D eigenvalue weighted by Crippen LogP contribution is -2.64. The lowest BCUT2D eigenvalue weighted by Gasteiger charge is -2.49. The van der Waals surface area contributed by atoms with Crippen LogP contribution in [0.3, 0.4) is 0 Å². The van der Waals surface area contributed by atoms with E-state index in [9.17, 15) is 5.11 Å². The van der Waals surface area contributed by atoms with Crippen LogP contribution < -0.4 is 0 Å². The summed E-state index contributed by atoms with van der Waals surface area (Å²) in [7, 11) is 1.71. The molecule has 1 heterocycles. The van der Waals surface area contributed by atoms with Crippen molar-refractivity contribution in [1.82, 2.24) is 4.90 Å². The highest BCUT2D eigenvalue weighted by Gasteiger charge is 2.41. The molecule has 1 fully saturated rings. The first-order chi connectivity index (χ1) is 5.61. The van der Waals surface area contributed by atoms with Crippen LogP contribution in [0.1, 0.15) is 20.3 Å². The van der Waals surface area contributed by atoms with Crippen molar-refractivity contribution in [3.8, 4) is 0 Å². The molecule has 0 saturated carbocycles. The summed E-state index contributed by atoms with van der Waals surface area (Å²) in [6.07, 6.45) is 0.850. The van der Waals surface area contributed by atoms with E-state index in [-0.39, 0.29) is 0 Å². The number of hydrogen-bond acceptors (Lipinski definition) is 3. The molecule has 0 aromatic carbocycles. The van der Waals surface area contributed by atoms with Crippen LogP contribution in [0.4, 0.5) is 0 Å². The predicted molar refractivity (Wildman–Crippen MR) is 48.2 cm³/mol. The van der Waals surface area contributed by atoms with E-state index >= 15 is 0 Å². The topological polar surface area (TPSA) is 32.7 Å². The maximum absolute atomic E-state index is 9.72. The van der Waals surface area contributed by atoms with Crippen LogP contribution in [-0.4, -0.2) is 48.5 Å². The van der Waals surface area contributed by atoms with E-state index in [1.807, 2.05) is 6.92 Å². The summed E-state index contributed by atoms with van der Waals surface area (Å²) in [5.41, 5.74) is -0.415. The first-order valence-corrected chi connectivity index (χ1v) is 4.56. The van der Waals surface area contributed by atoms with Crippen molar-refractivity contribution < 1.29 is 9.84 Å². The van der Waals surface area contributed by atoms with E-state index in [1.165, 1.54) is 0 Å². The predicted octanol–water partition coefficient (Wildman–Crippen LogP) is 0.478. The van der Waals surface area contributed by atoms with E-state index in [4.69, 9.17) is 4.74 Å². The van der Waals surface area contributed by atoms with Crippen LogP contribution in [0, 0.1) is 0 Å². The van der Waals surface area contributed by atoms with Gasteiger partial charge >= 0.3 is 0 Å². The van der Waals surface area contributed by atoms with E-state index in [2.05, 4.69) is 11.8 Å². The standard InChI is InChI=1S/C9H19NO2/c1-4-9(11)6-10(7-9)8(2)5-12-3/h8,11H,4-7H2,1-3H3. The van der Waals surface area contributed by atoms with Crippen molar-refractivity contribution in [3.05, 3.63) is 0 Å². The second-order valence-corrected chi connectivity index (χ2v) is 3.79. The van der Waals surface area contributed by atoms with E-state index in [0.29, 0.717) is 6.04 Å². The first-order valence-electron chi connectivity index (χ1n) is 4.56. The minimum atomic E-state index is -0.415. The molecule has 0 radical (unpaired) electrons. The Labute approximate surface area is 74.3 Å². The maximum Gasteiger partial charge on any atom is 0.0897 e. The molecule has 0 spiro atoms. The molecular formula is C9H19NO2. The zero-order valence-electron chi connectivity index (χ0n) is 8.21. The Morgan fingerprint density at radius 3 is 2.58 bits per heavy atom. The highest BCUT2D eigenvalue weighted by atomic mass is 16.5. The number of ether oxygens (including phenoxy) is 1. The fraction of sp³-hybridized carbons (Fsp3) is 1.00. The normalized spacial score (nSPS) is 25.0. The first kappa shape index (κ1) is 9.96. The number of rotatable bonds is 4. The van der Waals surface area contributed by atoms with Crippen molar-refractivity contribution in [2.75, 3.05) is 26.8 Å². The van der Waals surface area contributed by atoms with E-state index in [1.54, 1.807) is 7.11 Å². The molecule has 0 aromatic heterocycles. The quantitative estimate of drug-likeness (QED) is 0.671. The van der Waals surface area contributed by atoms with Crippen LogP contribution in [-0.2, 0) is 4.74 Å². The molecule has 1 N–H and O–H groups in total. The van der Waals surface area contributed by atoms with Crippen LogP contribution in [0.25, 0.3) is 0 Å². The average Bonchev–Trinajstić information content (AvgIpc) is 1.99. The minimum Gasteiger partial charge on any atom is -0.387 e. The van der Waals surface area contributed by atoms with Gasteiger partial charge in [-0.25, -0.2) is 0 Å². The monoisotopic (exact) mass is 173 g/mol. The van der Waals surface area contributed by atoms with Gasteiger partial charge in [-0.3, -0.25) is 4.90 Å². The number of likely N-dealkylation sites (tertiary alicyclic amines) is 1. The Hall–Kier alpha value is -0.120. The van der Waals surface area contributed by atoms with Crippen molar-refractivity contribution in [2.45, 2.75) is 31.9 Å². The van der Waals surface area contributed by atoms with Gasteiger partial charge in [-0.1, -0.05) is 6.92 Å². The number of nitrogens with zero attached hydrogens (tertiary/aromatic N) is 1. The second kappa shape index (κ2) is 3.73. The zero-order chi connectivity index (χ0) is 9.19. The molecule has 1 saturated heterocycles. The molecule has 12 heavy (non-hydrogen) atoms. The number of β-amino-alcohol motifs (C(OH)–C–C–N with tert-alkyl or cyclic N) is 1. The Balaban J connectivity index is 2.24.